The van der Waals surface area contributed by atoms with Gasteiger partial charge in [0.2, 0.25) is 0 Å². The van der Waals surface area contributed by atoms with Gasteiger partial charge in [-0.05, 0) is 18.6 Å². The fourth-order valence-electron chi connectivity index (χ4n) is 1.32. The maximum atomic E-state index is 5.82. The molecule has 4 nitrogen and oxygen atoms in total. The molecule has 14 heavy (non-hydrogen) atoms. The number of hydrogen-bond acceptors (Lipinski definition) is 3. The lowest BCUT2D eigenvalue weighted by molar-refractivity contribution is 0.920. The summed E-state index contributed by atoms with van der Waals surface area (Å²) < 4.78 is 1.87. The molecular weight excluding hydrogens is 176 g/mol. The Hall–Kier alpha value is -1.84. The highest BCUT2D eigenvalue weighted by Crippen LogP contribution is 2.20. The van der Waals surface area contributed by atoms with Crippen LogP contribution in [0.15, 0.2) is 24.5 Å². The first-order valence-corrected chi connectivity index (χ1v) is 4.39. The molecular formula is C10H12N4. The van der Waals surface area contributed by atoms with Crippen LogP contribution in [0.3, 0.4) is 0 Å². The SMILES string of the molecule is Cc1ccc(-c2nncn2C)cc1N. The summed E-state index contributed by atoms with van der Waals surface area (Å²) in [6, 6.07) is 5.90. The molecule has 72 valence electrons. The summed E-state index contributed by atoms with van der Waals surface area (Å²) in [5, 5.41) is 7.84. The molecule has 0 aliphatic carbocycles. The normalized spacial score (nSPS) is 10.4. The predicted octanol–water partition coefficient (Wildman–Crippen LogP) is 1.37. The number of nitrogens with zero attached hydrogens (tertiary/aromatic N) is 3. The van der Waals surface area contributed by atoms with Gasteiger partial charge >= 0.3 is 0 Å². The van der Waals surface area contributed by atoms with Crippen molar-refractivity contribution in [2.75, 3.05) is 5.73 Å². The fraction of sp³-hybridized carbons (Fsp3) is 0.200. The molecule has 0 unspecified atom stereocenters. The van der Waals surface area contributed by atoms with E-state index in [9.17, 15) is 0 Å². The summed E-state index contributed by atoms with van der Waals surface area (Å²) in [6.45, 7) is 1.98. The molecule has 0 bridgehead atoms. The molecule has 1 aromatic heterocycles. The number of benzene rings is 1. The molecule has 2 N–H and O–H groups in total. The van der Waals surface area contributed by atoms with Gasteiger partial charge in [0.05, 0.1) is 0 Å². The van der Waals surface area contributed by atoms with Gasteiger partial charge < -0.3 is 10.3 Å². The summed E-state index contributed by atoms with van der Waals surface area (Å²) in [4.78, 5) is 0. The molecule has 0 saturated carbocycles. The number of aromatic nitrogens is 3. The van der Waals surface area contributed by atoms with E-state index < -0.39 is 0 Å². The Morgan fingerprint density at radius 3 is 2.71 bits per heavy atom. The van der Waals surface area contributed by atoms with Crippen LogP contribution in [0.4, 0.5) is 5.69 Å². The molecule has 1 aromatic carbocycles. The Morgan fingerprint density at radius 2 is 2.14 bits per heavy atom. The average molecular weight is 188 g/mol. The highest BCUT2D eigenvalue weighted by molar-refractivity contribution is 5.63. The largest absolute Gasteiger partial charge is 0.398 e. The molecule has 1 heterocycles. The maximum Gasteiger partial charge on any atom is 0.163 e. The minimum Gasteiger partial charge on any atom is -0.398 e. The molecule has 2 rings (SSSR count). The van der Waals surface area contributed by atoms with Crippen LogP contribution in [0.5, 0.6) is 0 Å². The maximum absolute atomic E-state index is 5.82. The lowest BCUT2D eigenvalue weighted by atomic mass is 10.1. The molecule has 0 radical (unpaired) electrons. The summed E-state index contributed by atoms with van der Waals surface area (Å²) in [6.07, 6.45) is 1.67. The first kappa shape index (κ1) is 8.74. The van der Waals surface area contributed by atoms with Gasteiger partial charge in [-0.2, -0.15) is 0 Å². The van der Waals surface area contributed by atoms with Crippen LogP contribution in [0, 0.1) is 6.92 Å². The van der Waals surface area contributed by atoms with Crippen LogP contribution in [0.1, 0.15) is 5.56 Å². The standard InChI is InChI=1S/C10H12N4/c1-7-3-4-8(5-9(7)11)10-13-12-6-14(10)2/h3-6H,11H2,1-2H3. The Bertz CT molecular complexity index is 459. The molecule has 4 heteroatoms. The van der Waals surface area contributed by atoms with Crippen molar-refractivity contribution < 1.29 is 0 Å². The van der Waals surface area contributed by atoms with E-state index in [-0.39, 0.29) is 0 Å². The van der Waals surface area contributed by atoms with Crippen LogP contribution < -0.4 is 5.73 Å². The van der Waals surface area contributed by atoms with E-state index in [2.05, 4.69) is 10.2 Å². The van der Waals surface area contributed by atoms with Crippen LogP contribution in [0.25, 0.3) is 11.4 Å². The number of hydrogen-bond donors (Lipinski definition) is 1. The third kappa shape index (κ3) is 1.35. The van der Waals surface area contributed by atoms with Crippen LogP contribution >= 0.6 is 0 Å². The van der Waals surface area contributed by atoms with Crippen molar-refractivity contribution in [2.24, 2.45) is 7.05 Å². The van der Waals surface area contributed by atoms with Gasteiger partial charge in [-0.25, -0.2) is 0 Å². The smallest absolute Gasteiger partial charge is 0.163 e. The second kappa shape index (κ2) is 3.14. The van der Waals surface area contributed by atoms with Gasteiger partial charge in [0, 0.05) is 18.3 Å². The Morgan fingerprint density at radius 1 is 1.36 bits per heavy atom. The molecule has 0 fully saturated rings. The summed E-state index contributed by atoms with van der Waals surface area (Å²) in [5.74, 6) is 0.830. The second-order valence-corrected chi connectivity index (χ2v) is 3.34. The third-order valence-electron chi connectivity index (χ3n) is 2.25. The van der Waals surface area contributed by atoms with Crippen LogP contribution in [0.2, 0.25) is 0 Å². The number of nitrogens with two attached hydrogens (primary N) is 1. The molecule has 0 aliphatic rings. The number of anilines is 1. The first-order chi connectivity index (χ1) is 6.68. The molecule has 0 saturated heterocycles. The quantitative estimate of drug-likeness (QED) is 0.688. The number of nitrogen functional groups attached to an aromatic ring is 1. The minimum atomic E-state index is 0.783. The van der Waals surface area contributed by atoms with Gasteiger partial charge in [-0.1, -0.05) is 12.1 Å². The van der Waals surface area contributed by atoms with Gasteiger partial charge in [0.25, 0.3) is 0 Å². The summed E-state index contributed by atoms with van der Waals surface area (Å²) in [7, 11) is 1.91. The summed E-state index contributed by atoms with van der Waals surface area (Å²) in [5.41, 5.74) is 8.68. The molecule has 0 aliphatic heterocycles. The van der Waals surface area contributed by atoms with Crippen LogP contribution in [-0.2, 0) is 7.05 Å². The monoisotopic (exact) mass is 188 g/mol. The molecule has 0 amide bonds. The Balaban J connectivity index is 2.53. The van der Waals surface area contributed by atoms with Gasteiger partial charge in [0.15, 0.2) is 5.82 Å². The van der Waals surface area contributed by atoms with Gasteiger partial charge in [-0.3, -0.25) is 0 Å². The van der Waals surface area contributed by atoms with E-state index in [4.69, 9.17) is 5.73 Å². The van der Waals surface area contributed by atoms with E-state index in [0.717, 1.165) is 22.6 Å². The van der Waals surface area contributed by atoms with Crippen molar-refractivity contribution in [1.82, 2.24) is 14.8 Å². The minimum absolute atomic E-state index is 0.783. The van der Waals surface area contributed by atoms with Crippen molar-refractivity contribution in [2.45, 2.75) is 6.92 Å². The Kier molecular flexibility index (Phi) is 1.96. The van der Waals surface area contributed by atoms with E-state index >= 15 is 0 Å². The van der Waals surface area contributed by atoms with Gasteiger partial charge in [-0.15, -0.1) is 10.2 Å². The van der Waals surface area contributed by atoms with Crippen molar-refractivity contribution >= 4 is 5.69 Å². The lowest BCUT2D eigenvalue weighted by Gasteiger charge is -2.03. The topological polar surface area (TPSA) is 56.7 Å². The fourth-order valence-corrected chi connectivity index (χ4v) is 1.32. The van der Waals surface area contributed by atoms with Crippen molar-refractivity contribution in [3.8, 4) is 11.4 Å². The Labute approximate surface area is 82.4 Å². The van der Waals surface area contributed by atoms with E-state index in [1.807, 2.05) is 36.7 Å². The summed E-state index contributed by atoms with van der Waals surface area (Å²) >= 11 is 0. The zero-order valence-electron chi connectivity index (χ0n) is 8.23. The highest BCUT2D eigenvalue weighted by Gasteiger charge is 2.05. The zero-order valence-corrected chi connectivity index (χ0v) is 8.23. The highest BCUT2D eigenvalue weighted by atomic mass is 15.2. The van der Waals surface area contributed by atoms with E-state index in [1.54, 1.807) is 6.33 Å². The first-order valence-electron chi connectivity index (χ1n) is 4.39. The average Bonchev–Trinajstić information content (AvgIpc) is 2.57. The number of rotatable bonds is 1. The predicted molar refractivity (Wildman–Crippen MR) is 55.6 cm³/mol. The van der Waals surface area contributed by atoms with Crippen LogP contribution in [-0.4, -0.2) is 14.8 Å². The van der Waals surface area contributed by atoms with E-state index in [0.29, 0.717) is 0 Å². The second-order valence-electron chi connectivity index (χ2n) is 3.34. The lowest BCUT2D eigenvalue weighted by Crippen LogP contribution is -1.94. The third-order valence-corrected chi connectivity index (χ3v) is 2.25. The molecule has 0 atom stereocenters. The van der Waals surface area contributed by atoms with Crippen molar-refractivity contribution in [1.29, 1.82) is 0 Å². The van der Waals surface area contributed by atoms with Crippen molar-refractivity contribution in [3.05, 3.63) is 30.1 Å². The molecule has 0 spiro atoms. The van der Waals surface area contributed by atoms with Gasteiger partial charge in [0.1, 0.15) is 6.33 Å². The zero-order chi connectivity index (χ0) is 10.1. The molecule has 2 aromatic rings. The van der Waals surface area contributed by atoms with Crippen molar-refractivity contribution in [3.63, 3.8) is 0 Å². The van der Waals surface area contributed by atoms with E-state index in [1.165, 1.54) is 0 Å². The number of aryl methyl sites for hydroxylation is 2.